The first-order chi connectivity index (χ1) is 11.1. The molecule has 0 fully saturated rings. The first-order valence-corrected chi connectivity index (χ1v) is 9.15. The second-order valence-electron chi connectivity index (χ2n) is 6.69. The molecule has 1 heterocycles. The van der Waals surface area contributed by atoms with Crippen LogP contribution in [0, 0.1) is 13.8 Å². The molecule has 0 unspecified atom stereocenters. The van der Waals surface area contributed by atoms with Crippen molar-refractivity contribution in [3.8, 4) is 0 Å². The third-order valence-corrected chi connectivity index (χ3v) is 5.93. The van der Waals surface area contributed by atoms with Gasteiger partial charge in [0.25, 0.3) is 10.0 Å². The number of sulfonamides is 1. The van der Waals surface area contributed by atoms with Gasteiger partial charge in [0.15, 0.2) is 0 Å². The first-order valence-electron chi connectivity index (χ1n) is 7.67. The van der Waals surface area contributed by atoms with Crippen molar-refractivity contribution in [3.05, 3.63) is 53.1 Å². The number of aryl methyl sites for hydroxylation is 2. The second kappa shape index (κ2) is 5.34. The molecule has 2 aromatic rings. The minimum absolute atomic E-state index is 0.0910. The van der Waals surface area contributed by atoms with Gasteiger partial charge in [-0.15, -0.1) is 0 Å². The summed E-state index contributed by atoms with van der Waals surface area (Å²) < 4.78 is 27.8. The zero-order valence-corrected chi connectivity index (χ0v) is 14.9. The summed E-state index contributed by atoms with van der Waals surface area (Å²) in [6.45, 7) is 7.45. The zero-order valence-electron chi connectivity index (χ0n) is 14.1. The predicted molar refractivity (Wildman–Crippen MR) is 94.8 cm³/mol. The fourth-order valence-corrected chi connectivity index (χ4v) is 3.86. The van der Waals surface area contributed by atoms with Crippen LogP contribution < -0.4 is 10.0 Å². The fraction of sp³-hybridized carbons (Fsp3) is 0.278. The van der Waals surface area contributed by atoms with Crippen LogP contribution in [0.4, 0.5) is 11.4 Å². The summed E-state index contributed by atoms with van der Waals surface area (Å²) in [5, 5.41) is 2.81. The van der Waals surface area contributed by atoms with E-state index < -0.39 is 15.4 Å². The molecule has 1 amide bonds. The topological polar surface area (TPSA) is 75.3 Å². The molecule has 5 nitrogen and oxygen atoms in total. The Morgan fingerprint density at radius 2 is 1.71 bits per heavy atom. The molecule has 0 aromatic heterocycles. The van der Waals surface area contributed by atoms with E-state index in [9.17, 15) is 13.2 Å². The van der Waals surface area contributed by atoms with E-state index in [0.29, 0.717) is 5.69 Å². The molecule has 0 aliphatic carbocycles. The third kappa shape index (κ3) is 2.67. The van der Waals surface area contributed by atoms with Crippen molar-refractivity contribution < 1.29 is 13.2 Å². The van der Waals surface area contributed by atoms with Gasteiger partial charge in [-0.25, -0.2) is 8.42 Å². The van der Waals surface area contributed by atoms with Gasteiger partial charge in [-0.2, -0.15) is 0 Å². The molecule has 1 aliphatic heterocycles. The monoisotopic (exact) mass is 344 g/mol. The lowest BCUT2D eigenvalue weighted by Crippen LogP contribution is -2.26. The number of rotatable bonds is 3. The van der Waals surface area contributed by atoms with E-state index in [-0.39, 0.29) is 10.8 Å². The first kappa shape index (κ1) is 16.5. The minimum atomic E-state index is -3.68. The van der Waals surface area contributed by atoms with Crippen molar-refractivity contribution >= 4 is 27.3 Å². The SMILES string of the molecule is Cc1ccc(S(=O)(=O)Nc2ccc3c(c2)C(C)(C)C(=O)N3)cc1C. The standard InChI is InChI=1S/C18H20N2O3S/c1-11-5-7-14(9-12(11)2)24(22,23)20-13-6-8-16-15(10-13)18(3,4)17(21)19-16/h5-10,20H,1-4H3,(H,19,21). The zero-order chi connectivity index (χ0) is 17.7. The van der Waals surface area contributed by atoms with Crippen molar-refractivity contribution in [3.63, 3.8) is 0 Å². The number of benzene rings is 2. The molecule has 126 valence electrons. The summed E-state index contributed by atoms with van der Waals surface area (Å²) >= 11 is 0. The normalized spacial score (nSPS) is 15.8. The number of fused-ring (bicyclic) bond motifs is 1. The Morgan fingerprint density at radius 1 is 1.00 bits per heavy atom. The van der Waals surface area contributed by atoms with Gasteiger partial charge in [-0.05, 0) is 74.7 Å². The summed E-state index contributed by atoms with van der Waals surface area (Å²) in [5.41, 5.74) is 3.22. The van der Waals surface area contributed by atoms with Crippen molar-refractivity contribution in [1.82, 2.24) is 0 Å². The molecule has 6 heteroatoms. The minimum Gasteiger partial charge on any atom is -0.325 e. The van der Waals surface area contributed by atoms with Gasteiger partial charge < -0.3 is 5.32 Å². The van der Waals surface area contributed by atoms with Crippen LogP contribution in [0.3, 0.4) is 0 Å². The van der Waals surface area contributed by atoms with E-state index in [1.165, 1.54) is 0 Å². The van der Waals surface area contributed by atoms with Crippen LogP contribution >= 0.6 is 0 Å². The second-order valence-corrected chi connectivity index (χ2v) is 8.37. The summed E-state index contributed by atoms with van der Waals surface area (Å²) in [7, 11) is -3.68. The van der Waals surface area contributed by atoms with E-state index in [1.54, 1.807) is 36.4 Å². The number of anilines is 2. The van der Waals surface area contributed by atoms with E-state index >= 15 is 0 Å². The number of nitrogens with one attached hydrogen (secondary N) is 2. The molecular formula is C18H20N2O3S. The fourth-order valence-electron chi connectivity index (χ4n) is 2.73. The number of hydrogen-bond donors (Lipinski definition) is 2. The van der Waals surface area contributed by atoms with Crippen molar-refractivity contribution in [2.45, 2.75) is 38.0 Å². The molecule has 1 aliphatic rings. The molecule has 0 saturated heterocycles. The molecule has 2 N–H and O–H groups in total. The quantitative estimate of drug-likeness (QED) is 0.897. The maximum Gasteiger partial charge on any atom is 0.261 e. The lowest BCUT2D eigenvalue weighted by Gasteiger charge is -2.16. The van der Waals surface area contributed by atoms with Gasteiger partial charge >= 0.3 is 0 Å². The summed E-state index contributed by atoms with van der Waals surface area (Å²) in [6.07, 6.45) is 0. The Balaban J connectivity index is 1.96. The molecule has 0 atom stereocenters. The van der Waals surface area contributed by atoms with Gasteiger partial charge in [0.05, 0.1) is 10.3 Å². The maximum absolute atomic E-state index is 12.6. The van der Waals surface area contributed by atoms with E-state index in [1.807, 2.05) is 27.7 Å². The highest BCUT2D eigenvalue weighted by Gasteiger charge is 2.38. The van der Waals surface area contributed by atoms with Crippen LogP contribution in [0.25, 0.3) is 0 Å². The van der Waals surface area contributed by atoms with Gasteiger partial charge in [-0.1, -0.05) is 6.07 Å². The summed E-state index contributed by atoms with van der Waals surface area (Å²) in [5.74, 6) is -0.0910. The highest BCUT2D eigenvalue weighted by Crippen LogP contribution is 2.39. The summed E-state index contributed by atoms with van der Waals surface area (Å²) in [6, 6.07) is 10.1. The Hall–Kier alpha value is -2.34. The van der Waals surface area contributed by atoms with Crippen LogP contribution in [0.2, 0.25) is 0 Å². The van der Waals surface area contributed by atoms with Crippen LogP contribution in [0.1, 0.15) is 30.5 Å². The van der Waals surface area contributed by atoms with E-state index in [2.05, 4.69) is 10.0 Å². The number of carbonyl (C=O) groups is 1. The molecule has 2 aromatic carbocycles. The molecular weight excluding hydrogens is 324 g/mol. The molecule has 0 bridgehead atoms. The maximum atomic E-state index is 12.6. The largest absolute Gasteiger partial charge is 0.325 e. The molecule has 0 radical (unpaired) electrons. The Morgan fingerprint density at radius 3 is 2.38 bits per heavy atom. The number of hydrogen-bond acceptors (Lipinski definition) is 3. The average molecular weight is 344 g/mol. The van der Waals surface area contributed by atoms with Crippen molar-refractivity contribution in [2.75, 3.05) is 10.0 Å². The lowest BCUT2D eigenvalue weighted by molar-refractivity contribution is -0.119. The van der Waals surface area contributed by atoms with E-state index in [0.717, 1.165) is 22.4 Å². The lowest BCUT2D eigenvalue weighted by atomic mass is 9.86. The highest BCUT2D eigenvalue weighted by molar-refractivity contribution is 7.92. The van der Waals surface area contributed by atoms with Crippen LogP contribution in [0.5, 0.6) is 0 Å². The Kier molecular flexibility index (Phi) is 3.68. The molecule has 3 rings (SSSR count). The number of amides is 1. The van der Waals surface area contributed by atoms with Crippen LogP contribution in [0.15, 0.2) is 41.3 Å². The Labute approximate surface area is 142 Å². The van der Waals surface area contributed by atoms with Crippen LogP contribution in [-0.2, 0) is 20.2 Å². The number of carbonyl (C=O) groups excluding carboxylic acids is 1. The van der Waals surface area contributed by atoms with Crippen molar-refractivity contribution in [2.24, 2.45) is 0 Å². The predicted octanol–water partition coefficient (Wildman–Crippen LogP) is 3.33. The van der Waals surface area contributed by atoms with Gasteiger partial charge in [0.1, 0.15) is 0 Å². The molecule has 24 heavy (non-hydrogen) atoms. The van der Waals surface area contributed by atoms with Gasteiger partial charge in [0, 0.05) is 11.4 Å². The van der Waals surface area contributed by atoms with Gasteiger partial charge in [-0.3, -0.25) is 9.52 Å². The molecule has 0 saturated carbocycles. The van der Waals surface area contributed by atoms with E-state index in [4.69, 9.17) is 0 Å². The van der Waals surface area contributed by atoms with Gasteiger partial charge in [0.2, 0.25) is 5.91 Å². The smallest absolute Gasteiger partial charge is 0.261 e. The summed E-state index contributed by atoms with van der Waals surface area (Å²) in [4.78, 5) is 12.2. The third-order valence-electron chi connectivity index (χ3n) is 4.55. The molecule has 0 spiro atoms. The highest BCUT2D eigenvalue weighted by atomic mass is 32.2. The van der Waals surface area contributed by atoms with Crippen molar-refractivity contribution in [1.29, 1.82) is 0 Å². The Bertz CT molecular complexity index is 947. The van der Waals surface area contributed by atoms with Crippen LogP contribution in [-0.4, -0.2) is 14.3 Å². The average Bonchev–Trinajstić information content (AvgIpc) is 2.72.